The van der Waals surface area contributed by atoms with Crippen LogP contribution in [0.25, 0.3) is 0 Å². The third-order valence-electron chi connectivity index (χ3n) is 5.18. The molecule has 0 spiro atoms. The summed E-state index contributed by atoms with van der Waals surface area (Å²) in [6.07, 6.45) is 3.24. The largest absolute Gasteiger partial charge is 0.454 e. The van der Waals surface area contributed by atoms with E-state index in [1.807, 2.05) is 12.1 Å². The zero-order valence-corrected chi connectivity index (χ0v) is 14.8. The zero-order valence-electron chi connectivity index (χ0n) is 14.8. The predicted molar refractivity (Wildman–Crippen MR) is 97.7 cm³/mol. The van der Waals surface area contributed by atoms with Crippen molar-refractivity contribution in [2.75, 3.05) is 19.9 Å². The molecule has 4 rings (SSSR count). The number of benzene rings is 2. The molecule has 6 heteroatoms. The molecule has 2 aromatic rings. The second-order valence-corrected chi connectivity index (χ2v) is 6.79. The first-order valence-corrected chi connectivity index (χ1v) is 9.08. The van der Waals surface area contributed by atoms with Crippen molar-refractivity contribution in [2.24, 2.45) is 0 Å². The summed E-state index contributed by atoms with van der Waals surface area (Å²) in [5, 5.41) is 11.0. The summed E-state index contributed by atoms with van der Waals surface area (Å²) in [5.74, 6) is 1.60. The highest BCUT2D eigenvalue weighted by Crippen LogP contribution is 2.43. The molecule has 0 saturated heterocycles. The minimum atomic E-state index is -0.356. The molecule has 2 aliphatic heterocycles. The molecule has 136 valence electrons. The Morgan fingerprint density at radius 3 is 2.62 bits per heavy atom. The molecule has 0 saturated carbocycles. The third kappa shape index (κ3) is 3.01. The van der Waals surface area contributed by atoms with Gasteiger partial charge in [0.1, 0.15) is 0 Å². The lowest BCUT2D eigenvalue weighted by molar-refractivity contribution is -0.384. The van der Waals surface area contributed by atoms with E-state index in [1.54, 1.807) is 12.1 Å². The van der Waals surface area contributed by atoms with Crippen LogP contribution in [0.1, 0.15) is 42.5 Å². The molecule has 2 heterocycles. The highest BCUT2D eigenvalue weighted by Gasteiger charge is 2.31. The van der Waals surface area contributed by atoms with Crippen LogP contribution in [0.15, 0.2) is 36.4 Å². The van der Waals surface area contributed by atoms with E-state index < -0.39 is 0 Å². The molecule has 2 aromatic carbocycles. The maximum absolute atomic E-state index is 11.0. The van der Waals surface area contributed by atoms with Gasteiger partial charge in [0.25, 0.3) is 5.69 Å². The summed E-state index contributed by atoms with van der Waals surface area (Å²) in [6, 6.07) is 11.2. The van der Waals surface area contributed by atoms with Gasteiger partial charge < -0.3 is 9.47 Å². The summed E-state index contributed by atoms with van der Waals surface area (Å²) in [7, 11) is 0. The van der Waals surface area contributed by atoms with Gasteiger partial charge in [-0.2, -0.15) is 0 Å². The molecule has 0 fully saturated rings. The molecule has 0 amide bonds. The lowest BCUT2D eigenvalue weighted by Crippen LogP contribution is -2.36. The number of hydrogen-bond acceptors (Lipinski definition) is 5. The molecule has 0 bridgehead atoms. The van der Waals surface area contributed by atoms with Gasteiger partial charge in [-0.3, -0.25) is 15.0 Å². The maximum Gasteiger partial charge on any atom is 0.269 e. The molecule has 2 aliphatic rings. The van der Waals surface area contributed by atoms with E-state index in [1.165, 1.54) is 11.1 Å². The number of unbranched alkanes of at least 4 members (excludes halogenated alkanes) is 1. The van der Waals surface area contributed by atoms with Gasteiger partial charge in [0.2, 0.25) is 6.79 Å². The first-order valence-electron chi connectivity index (χ1n) is 9.08. The Morgan fingerprint density at radius 1 is 1.19 bits per heavy atom. The van der Waals surface area contributed by atoms with Crippen LogP contribution >= 0.6 is 0 Å². The average Bonchev–Trinajstić information content (AvgIpc) is 3.11. The standard InChI is InChI=1S/C20H22N2O4/c1-2-3-9-21-10-8-15-11-18-19(26-13-25-18)12-17(15)20(21)14-4-6-16(7-5-14)22(23)24/h4-7,11-12,20H,2-3,8-10,13H2,1H3. The van der Waals surface area contributed by atoms with E-state index in [4.69, 9.17) is 9.47 Å². The molecule has 0 N–H and O–H groups in total. The van der Waals surface area contributed by atoms with E-state index in [0.717, 1.165) is 49.4 Å². The Balaban J connectivity index is 1.75. The molecule has 0 aliphatic carbocycles. The van der Waals surface area contributed by atoms with Crippen molar-refractivity contribution in [1.82, 2.24) is 4.90 Å². The van der Waals surface area contributed by atoms with Gasteiger partial charge in [0.15, 0.2) is 11.5 Å². The van der Waals surface area contributed by atoms with Gasteiger partial charge in [0.05, 0.1) is 11.0 Å². The Labute approximate surface area is 152 Å². The lowest BCUT2D eigenvalue weighted by atomic mass is 9.87. The zero-order chi connectivity index (χ0) is 18.1. The van der Waals surface area contributed by atoms with Crippen molar-refractivity contribution in [3.05, 3.63) is 63.2 Å². The van der Waals surface area contributed by atoms with Crippen LogP contribution < -0.4 is 9.47 Å². The Morgan fingerprint density at radius 2 is 1.92 bits per heavy atom. The Hall–Kier alpha value is -2.60. The highest BCUT2D eigenvalue weighted by atomic mass is 16.7. The first-order chi connectivity index (χ1) is 12.7. The van der Waals surface area contributed by atoms with Gasteiger partial charge in [-0.1, -0.05) is 25.5 Å². The Kier molecular flexibility index (Phi) is 4.51. The van der Waals surface area contributed by atoms with Crippen LogP contribution in [-0.2, 0) is 6.42 Å². The van der Waals surface area contributed by atoms with E-state index in [-0.39, 0.29) is 23.4 Å². The average molecular weight is 354 g/mol. The van der Waals surface area contributed by atoms with E-state index in [9.17, 15) is 10.1 Å². The number of nitrogens with zero attached hydrogens (tertiary/aromatic N) is 2. The van der Waals surface area contributed by atoms with Crippen LogP contribution in [0.4, 0.5) is 5.69 Å². The molecule has 1 unspecified atom stereocenters. The summed E-state index contributed by atoms with van der Waals surface area (Å²) in [5.41, 5.74) is 3.68. The van der Waals surface area contributed by atoms with Gasteiger partial charge in [-0.05, 0) is 48.2 Å². The van der Waals surface area contributed by atoms with Crippen molar-refractivity contribution in [3.63, 3.8) is 0 Å². The van der Waals surface area contributed by atoms with Crippen molar-refractivity contribution in [2.45, 2.75) is 32.2 Å². The van der Waals surface area contributed by atoms with Crippen LogP contribution in [0.2, 0.25) is 0 Å². The molecule has 0 aromatic heterocycles. The minimum absolute atomic E-state index is 0.0839. The molecule has 1 atom stereocenters. The molecule has 26 heavy (non-hydrogen) atoms. The molecular weight excluding hydrogens is 332 g/mol. The minimum Gasteiger partial charge on any atom is -0.454 e. The number of hydrogen-bond donors (Lipinski definition) is 0. The topological polar surface area (TPSA) is 64.8 Å². The Bertz CT molecular complexity index is 819. The second kappa shape index (κ2) is 6.96. The van der Waals surface area contributed by atoms with E-state index >= 15 is 0 Å². The first kappa shape index (κ1) is 16.8. The number of nitro benzene ring substituents is 1. The van der Waals surface area contributed by atoms with Crippen LogP contribution in [0, 0.1) is 10.1 Å². The lowest BCUT2D eigenvalue weighted by Gasteiger charge is -2.38. The summed E-state index contributed by atoms with van der Waals surface area (Å²) < 4.78 is 11.1. The van der Waals surface area contributed by atoms with Crippen LogP contribution in [-0.4, -0.2) is 29.7 Å². The van der Waals surface area contributed by atoms with Crippen LogP contribution in [0.3, 0.4) is 0 Å². The number of ether oxygens (including phenoxy) is 2. The monoisotopic (exact) mass is 354 g/mol. The number of non-ortho nitro benzene ring substituents is 1. The van der Waals surface area contributed by atoms with E-state index in [2.05, 4.69) is 24.0 Å². The van der Waals surface area contributed by atoms with Crippen molar-refractivity contribution in [1.29, 1.82) is 0 Å². The van der Waals surface area contributed by atoms with Gasteiger partial charge in [0, 0.05) is 18.7 Å². The molecule has 0 radical (unpaired) electrons. The predicted octanol–water partition coefficient (Wildman–Crippen LogP) is 4.07. The van der Waals surface area contributed by atoms with Gasteiger partial charge in [-0.25, -0.2) is 0 Å². The fourth-order valence-electron chi connectivity index (χ4n) is 3.83. The second-order valence-electron chi connectivity index (χ2n) is 6.79. The van der Waals surface area contributed by atoms with Crippen LogP contribution in [0.5, 0.6) is 11.5 Å². The molecular formula is C20H22N2O4. The summed E-state index contributed by atoms with van der Waals surface area (Å²) in [4.78, 5) is 13.1. The quantitative estimate of drug-likeness (QED) is 0.598. The van der Waals surface area contributed by atoms with Crippen molar-refractivity contribution >= 4 is 5.69 Å². The summed E-state index contributed by atoms with van der Waals surface area (Å²) in [6.45, 7) is 4.43. The van der Waals surface area contributed by atoms with Gasteiger partial charge in [-0.15, -0.1) is 0 Å². The fraction of sp³-hybridized carbons (Fsp3) is 0.400. The van der Waals surface area contributed by atoms with E-state index in [0.29, 0.717) is 0 Å². The van der Waals surface area contributed by atoms with Crippen molar-refractivity contribution in [3.8, 4) is 11.5 Å². The number of fused-ring (bicyclic) bond motifs is 2. The normalized spacial score (nSPS) is 18.6. The van der Waals surface area contributed by atoms with Crippen molar-refractivity contribution < 1.29 is 14.4 Å². The smallest absolute Gasteiger partial charge is 0.269 e. The third-order valence-corrected chi connectivity index (χ3v) is 5.18. The number of rotatable bonds is 5. The molecule has 6 nitrogen and oxygen atoms in total. The van der Waals surface area contributed by atoms with Gasteiger partial charge >= 0.3 is 0 Å². The highest BCUT2D eigenvalue weighted by molar-refractivity contribution is 5.53. The summed E-state index contributed by atoms with van der Waals surface area (Å²) >= 11 is 0. The maximum atomic E-state index is 11.0. The number of nitro groups is 1. The fourth-order valence-corrected chi connectivity index (χ4v) is 3.83. The SMILES string of the molecule is CCCCN1CCc2cc3c(cc2C1c1ccc([N+](=O)[O-])cc1)OCO3.